The molecule has 1 N–H and O–H groups in total. The van der Waals surface area contributed by atoms with Crippen LogP contribution in [0.25, 0.3) is 0 Å². The van der Waals surface area contributed by atoms with Crippen LogP contribution in [0.4, 0.5) is 8.78 Å². The molecule has 5 heteroatoms. The molecule has 2 rings (SSSR count). The summed E-state index contributed by atoms with van der Waals surface area (Å²) in [6, 6.07) is 8.81. The van der Waals surface area contributed by atoms with Crippen LogP contribution in [0.15, 0.2) is 36.4 Å². The van der Waals surface area contributed by atoms with Crippen molar-refractivity contribution in [2.75, 3.05) is 13.7 Å². The zero-order valence-electron chi connectivity index (χ0n) is 11.8. The third-order valence-corrected chi connectivity index (χ3v) is 3.43. The predicted molar refractivity (Wildman–Crippen MR) is 79.9 cm³/mol. The van der Waals surface area contributed by atoms with E-state index in [9.17, 15) is 8.78 Å². The first-order chi connectivity index (χ1) is 10.1. The topological polar surface area (TPSA) is 21.3 Å². The van der Waals surface area contributed by atoms with E-state index in [0.717, 1.165) is 11.6 Å². The van der Waals surface area contributed by atoms with Gasteiger partial charge in [0.2, 0.25) is 0 Å². The maximum absolute atomic E-state index is 13.5. The largest absolute Gasteiger partial charge is 0.496 e. The summed E-state index contributed by atoms with van der Waals surface area (Å²) >= 11 is 5.96. The number of ether oxygens (including phenoxy) is 1. The van der Waals surface area contributed by atoms with Crippen molar-refractivity contribution in [3.63, 3.8) is 0 Å². The van der Waals surface area contributed by atoms with Crippen molar-refractivity contribution in [2.24, 2.45) is 0 Å². The molecule has 1 atom stereocenters. The first kappa shape index (κ1) is 15.7. The molecule has 0 bridgehead atoms. The molecule has 0 fully saturated rings. The van der Waals surface area contributed by atoms with Gasteiger partial charge in [-0.15, -0.1) is 0 Å². The second kappa shape index (κ2) is 6.87. The van der Waals surface area contributed by atoms with Gasteiger partial charge in [-0.25, -0.2) is 8.78 Å². The number of nitrogens with one attached hydrogen (secondary N) is 1. The van der Waals surface area contributed by atoms with Crippen LogP contribution in [-0.4, -0.2) is 13.7 Å². The molecular weight excluding hydrogens is 296 g/mol. The molecule has 0 aliphatic rings. The van der Waals surface area contributed by atoms with Gasteiger partial charge in [-0.05, 0) is 36.4 Å². The van der Waals surface area contributed by atoms with Crippen LogP contribution in [0.1, 0.15) is 24.1 Å². The van der Waals surface area contributed by atoms with Gasteiger partial charge < -0.3 is 10.1 Å². The quantitative estimate of drug-likeness (QED) is 0.887. The summed E-state index contributed by atoms with van der Waals surface area (Å²) in [6.07, 6.45) is 0. The SMILES string of the molecule is CCNC(c1ccc(F)c(F)c1)c1ccc(Cl)cc1OC. The fourth-order valence-electron chi connectivity index (χ4n) is 2.23. The highest BCUT2D eigenvalue weighted by atomic mass is 35.5. The van der Waals surface area contributed by atoms with Crippen molar-refractivity contribution >= 4 is 11.6 Å². The maximum Gasteiger partial charge on any atom is 0.159 e. The molecule has 0 spiro atoms. The molecule has 0 amide bonds. The van der Waals surface area contributed by atoms with Crippen LogP contribution in [-0.2, 0) is 0 Å². The minimum Gasteiger partial charge on any atom is -0.496 e. The number of benzene rings is 2. The maximum atomic E-state index is 13.5. The van der Waals surface area contributed by atoms with Crippen LogP contribution in [0.5, 0.6) is 5.75 Å². The van der Waals surface area contributed by atoms with Gasteiger partial charge in [0.15, 0.2) is 11.6 Å². The number of hydrogen-bond donors (Lipinski definition) is 1. The van der Waals surface area contributed by atoms with E-state index >= 15 is 0 Å². The van der Waals surface area contributed by atoms with Gasteiger partial charge in [0, 0.05) is 10.6 Å². The Morgan fingerprint density at radius 1 is 1.14 bits per heavy atom. The van der Waals surface area contributed by atoms with Gasteiger partial charge in [-0.1, -0.05) is 30.7 Å². The molecule has 2 nitrogen and oxygen atoms in total. The standard InChI is InChI=1S/C16H16ClF2NO/c1-3-20-16(10-4-7-13(18)14(19)8-10)12-6-5-11(17)9-15(12)21-2/h4-9,16,20H,3H2,1-2H3. The molecule has 112 valence electrons. The molecule has 2 aromatic carbocycles. The summed E-state index contributed by atoms with van der Waals surface area (Å²) in [5.41, 5.74) is 1.44. The Bertz CT molecular complexity index is 634. The molecule has 1 unspecified atom stereocenters. The average molecular weight is 312 g/mol. The van der Waals surface area contributed by atoms with E-state index in [1.54, 1.807) is 25.3 Å². The van der Waals surface area contributed by atoms with Crippen molar-refractivity contribution in [2.45, 2.75) is 13.0 Å². The molecule has 0 heterocycles. The second-order valence-corrected chi connectivity index (χ2v) is 4.99. The van der Waals surface area contributed by atoms with Gasteiger partial charge in [-0.3, -0.25) is 0 Å². The normalized spacial score (nSPS) is 12.2. The molecular formula is C16H16ClF2NO. The van der Waals surface area contributed by atoms with Crippen LogP contribution >= 0.6 is 11.6 Å². The number of methoxy groups -OCH3 is 1. The minimum absolute atomic E-state index is 0.308. The fourth-order valence-corrected chi connectivity index (χ4v) is 2.39. The molecule has 0 aromatic heterocycles. The first-order valence-corrected chi connectivity index (χ1v) is 6.96. The van der Waals surface area contributed by atoms with Gasteiger partial charge >= 0.3 is 0 Å². The minimum atomic E-state index is -0.872. The van der Waals surface area contributed by atoms with Gasteiger partial charge in [0.05, 0.1) is 13.2 Å². The third-order valence-electron chi connectivity index (χ3n) is 3.19. The van der Waals surface area contributed by atoms with E-state index in [0.29, 0.717) is 22.9 Å². The van der Waals surface area contributed by atoms with Gasteiger partial charge in [0.25, 0.3) is 0 Å². The Hall–Kier alpha value is -1.65. The Kier molecular flexibility index (Phi) is 5.15. The smallest absolute Gasteiger partial charge is 0.159 e. The molecule has 2 aromatic rings. The van der Waals surface area contributed by atoms with E-state index in [2.05, 4.69) is 5.32 Å². The zero-order valence-corrected chi connectivity index (χ0v) is 12.5. The van der Waals surface area contributed by atoms with Crippen molar-refractivity contribution in [3.8, 4) is 5.75 Å². The van der Waals surface area contributed by atoms with Gasteiger partial charge in [-0.2, -0.15) is 0 Å². The molecule has 0 saturated carbocycles. The lowest BCUT2D eigenvalue weighted by atomic mass is 9.97. The summed E-state index contributed by atoms with van der Waals surface area (Å²) < 4.78 is 31.9. The monoisotopic (exact) mass is 311 g/mol. The van der Waals surface area contributed by atoms with Crippen molar-refractivity contribution in [1.29, 1.82) is 0 Å². The lowest BCUT2D eigenvalue weighted by Gasteiger charge is -2.21. The van der Waals surface area contributed by atoms with E-state index in [1.165, 1.54) is 6.07 Å². The predicted octanol–water partition coefficient (Wildman–Crippen LogP) is 4.33. The molecule has 0 saturated heterocycles. The van der Waals surface area contributed by atoms with E-state index in [-0.39, 0.29) is 6.04 Å². The molecule has 0 aliphatic carbocycles. The van der Waals surface area contributed by atoms with E-state index in [1.807, 2.05) is 13.0 Å². The Morgan fingerprint density at radius 2 is 1.90 bits per heavy atom. The lowest BCUT2D eigenvalue weighted by Crippen LogP contribution is -2.22. The van der Waals surface area contributed by atoms with Crippen LogP contribution in [0.2, 0.25) is 5.02 Å². The second-order valence-electron chi connectivity index (χ2n) is 4.55. The highest BCUT2D eigenvalue weighted by molar-refractivity contribution is 6.30. The Labute approximate surface area is 127 Å². The fraction of sp³-hybridized carbons (Fsp3) is 0.250. The average Bonchev–Trinajstić information content (AvgIpc) is 2.48. The summed E-state index contributed by atoms with van der Waals surface area (Å²) in [6.45, 7) is 2.60. The summed E-state index contributed by atoms with van der Waals surface area (Å²) in [7, 11) is 1.55. The number of rotatable bonds is 5. The number of hydrogen-bond acceptors (Lipinski definition) is 2. The number of halogens is 3. The van der Waals surface area contributed by atoms with Crippen LogP contribution in [0.3, 0.4) is 0 Å². The third kappa shape index (κ3) is 3.52. The molecule has 0 aliphatic heterocycles. The van der Waals surface area contributed by atoms with E-state index in [4.69, 9.17) is 16.3 Å². The summed E-state index contributed by atoms with van der Waals surface area (Å²) in [5.74, 6) is -1.14. The van der Waals surface area contributed by atoms with Crippen molar-refractivity contribution in [3.05, 3.63) is 64.2 Å². The molecule has 21 heavy (non-hydrogen) atoms. The van der Waals surface area contributed by atoms with E-state index < -0.39 is 11.6 Å². The highest BCUT2D eigenvalue weighted by Crippen LogP contribution is 2.32. The highest BCUT2D eigenvalue weighted by Gasteiger charge is 2.19. The molecule has 0 radical (unpaired) electrons. The summed E-state index contributed by atoms with van der Waals surface area (Å²) in [4.78, 5) is 0. The lowest BCUT2D eigenvalue weighted by molar-refractivity contribution is 0.404. The zero-order chi connectivity index (χ0) is 15.4. The van der Waals surface area contributed by atoms with Crippen molar-refractivity contribution < 1.29 is 13.5 Å². The van der Waals surface area contributed by atoms with Gasteiger partial charge in [0.1, 0.15) is 5.75 Å². The first-order valence-electron chi connectivity index (χ1n) is 6.58. The van der Waals surface area contributed by atoms with Crippen molar-refractivity contribution in [1.82, 2.24) is 5.32 Å². The Morgan fingerprint density at radius 3 is 2.52 bits per heavy atom. The van der Waals surface area contributed by atoms with Crippen LogP contribution < -0.4 is 10.1 Å². The van der Waals surface area contributed by atoms with Crippen LogP contribution in [0, 0.1) is 11.6 Å². The Balaban J connectivity index is 2.50. The summed E-state index contributed by atoms with van der Waals surface area (Å²) in [5, 5.41) is 3.80.